The van der Waals surface area contributed by atoms with Crippen LogP contribution in [0.3, 0.4) is 0 Å². The van der Waals surface area contributed by atoms with Gasteiger partial charge in [-0.1, -0.05) is 54.1 Å². The molecule has 0 spiro atoms. The van der Waals surface area contributed by atoms with Crippen molar-refractivity contribution in [3.8, 4) is 0 Å². The zero-order chi connectivity index (χ0) is 19.0. The molecule has 1 saturated heterocycles. The molecule has 1 aliphatic rings. The number of aliphatic hydroxyl groups is 1. The van der Waals surface area contributed by atoms with Crippen molar-refractivity contribution in [2.24, 2.45) is 0 Å². The molecule has 0 radical (unpaired) electrons. The summed E-state index contributed by atoms with van der Waals surface area (Å²) < 4.78 is 0. The van der Waals surface area contributed by atoms with Crippen molar-refractivity contribution in [1.29, 1.82) is 0 Å². The number of Topliss-reactive ketones (excluding diaryl/α,β-unsaturated/α-hetero) is 1. The molecule has 27 heavy (non-hydrogen) atoms. The largest absolute Gasteiger partial charge is 0.507 e. The van der Waals surface area contributed by atoms with Gasteiger partial charge >= 0.3 is 0 Å². The van der Waals surface area contributed by atoms with Gasteiger partial charge in [0.25, 0.3) is 11.7 Å². The number of benzene rings is 2. The van der Waals surface area contributed by atoms with Crippen molar-refractivity contribution in [3.63, 3.8) is 0 Å². The number of carbonyl (C=O) groups excluding carboxylic acids is 2. The standard InChI is InChI=1S/C22H17NO3S/c1-14-9-11-16(12-10-14)23-19(17-8-5-13-27-17)18(21(25)22(23)26)20(24)15-6-3-2-4-7-15/h2-13,19,24H,1H3/b20-18-. The topological polar surface area (TPSA) is 57.6 Å². The van der Waals surface area contributed by atoms with Crippen LogP contribution in [0, 0.1) is 6.92 Å². The van der Waals surface area contributed by atoms with Crippen LogP contribution in [0.2, 0.25) is 0 Å². The molecule has 2 aromatic carbocycles. The maximum absolute atomic E-state index is 12.9. The van der Waals surface area contributed by atoms with E-state index in [1.54, 1.807) is 24.3 Å². The third-order valence-electron chi connectivity index (χ3n) is 4.62. The first kappa shape index (κ1) is 17.2. The van der Waals surface area contributed by atoms with Crippen LogP contribution in [-0.4, -0.2) is 16.8 Å². The molecular weight excluding hydrogens is 358 g/mol. The summed E-state index contributed by atoms with van der Waals surface area (Å²) in [4.78, 5) is 28.1. The normalized spacial score (nSPS) is 18.9. The zero-order valence-electron chi connectivity index (χ0n) is 14.6. The molecule has 4 nitrogen and oxygen atoms in total. The predicted octanol–water partition coefficient (Wildman–Crippen LogP) is 4.68. The average molecular weight is 375 g/mol. The first-order valence-corrected chi connectivity index (χ1v) is 9.42. The Bertz CT molecular complexity index is 1020. The Morgan fingerprint density at radius 1 is 0.963 bits per heavy atom. The number of hydrogen-bond donors (Lipinski definition) is 1. The van der Waals surface area contributed by atoms with Crippen molar-refractivity contribution >= 4 is 34.5 Å². The Hall–Kier alpha value is -3.18. The van der Waals surface area contributed by atoms with E-state index >= 15 is 0 Å². The number of carbonyl (C=O) groups is 2. The molecule has 4 rings (SSSR count). The summed E-state index contributed by atoms with van der Waals surface area (Å²) in [5.41, 5.74) is 2.33. The molecule has 1 atom stereocenters. The summed E-state index contributed by atoms with van der Waals surface area (Å²) in [6.45, 7) is 1.96. The molecule has 0 bridgehead atoms. The van der Waals surface area contributed by atoms with Crippen LogP contribution in [0.1, 0.15) is 22.0 Å². The Morgan fingerprint density at radius 3 is 2.30 bits per heavy atom. The van der Waals surface area contributed by atoms with Crippen molar-refractivity contribution in [1.82, 2.24) is 0 Å². The van der Waals surface area contributed by atoms with Crippen LogP contribution in [0.15, 0.2) is 77.7 Å². The first-order chi connectivity index (χ1) is 13.1. The van der Waals surface area contributed by atoms with Gasteiger partial charge in [0.1, 0.15) is 11.8 Å². The highest BCUT2D eigenvalue weighted by atomic mass is 32.1. The highest BCUT2D eigenvalue weighted by Crippen LogP contribution is 2.43. The van der Waals surface area contributed by atoms with Gasteiger partial charge in [0.2, 0.25) is 0 Å². The summed E-state index contributed by atoms with van der Waals surface area (Å²) in [5, 5.41) is 12.8. The Labute approximate surface area is 161 Å². The molecule has 1 N–H and O–H groups in total. The van der Waals surface area contributed by atoms with Crippen LogP contribution in [0.25, 0.3) is 5.76 Å². The summed E-state index contributed by atoms with van der Waals surface area (Å²) in [6, 6.07) is 19.4. The van der Waals surface area contributed by atoms with Crippen molar-refractivity contribution < 1.29 is 14.7 Å². The summed E-state index contributed by atoms with van der Waals surface area (Å²) >= 11 is 1.45. The van der Waals surface area contributed by atoms with E-state index < -0.39 is 17.7 Å². The molecule has 134 valence electrons. The fourth-order valence-corrected chi connectivity index (χ4v) is 4.10. The lowest BCUT2D eigenvalue weighted by molar-refractivity contribution is -0.132. The molecule has 1 aliphatic heterocycles. The minimum atomic E-state index is -0.671. The number of amides is 1. The summed E-state index contributed by atoms with van der Waals surface area (Å²) in [5.74, 6) is -1.45. The number of nitrogens with zero attached hydrogens (tertiary/aromatic N) is 1. The Balaban J connectivity index is 1.92. The van der Waals surface area contributed by atoms with E-state index in [1.807, 2.05) is 54.8 Å². The zero-order valence-corrected chi connectivity index (χ0v) is 15.4. The van der Waals surface area contributed by atoms with Gasteiger partial charge in [-0.3, -0.25) is 14.5 Å². The highest BCUT2D eigenvalue weighted by Gasteiger charge is 2.47. The number of aryl methyl sites for hydroxylation is 1. The van der Waals surface area contributed by atoms with Crippen molar-refractivity contribution in [2.75, 3.05) is 4.90 Å². The minimum Gasteiger partial charge on any atom is -0.507 e. The lowest BCUT2D eigenvalue weighted by atomic mass is 10.00. The third-order valence-corrected chi connectivity index (χ3v) is 5.54. The van der Waals surface area contributed by atoms with Gasteiger partial charge in [-0.2, -0.15) is 0 Å². The molecule has 1 amide bonds. The van der Waals surface area contributed by atoms with Crippen molar-refractivity contribution in [2.45, 2.75) is 13.0 Å². The maximum Gasteiger partial charge on any atom is 0.300 e. The van der Waals surface area contributed by atoms with Gasteiger partial charge in [-0.25, -0.2) is 0 Å². The van der Waals surface area contributed by atoms with Gasteiger partial charge in [0.05, 0.1) is 5.57 Å². The van der Waals surface area contributed by atoms with Crippen molar-refractivity contribution in [3.05, 3.63) is 93.7 Å². The molecular formula is C22H17NO3S. The average Bonchev–Trinajstić information content (AvgIpc) is 3.30. The van der Waals surface area contributed by atoms with Gasteiger partial charge < -0.3 is 5.11 Å². The van der Waals surface area contributed by atoms with Crippen LogP contribution in [-0.2, 0) is 9.59 Å². The molecule has 1 unspecified atom stereocenters. The van der Waals surface area contributed by atoms with Gasteiger partial charge in [-0.15, -0.1) is 11.3 Å². The second-order valence-electron chi connectivity index (χ2n) is 6.39. The number of hydrogen-bond acceptors (Lipinski definition) is 4. The van der Waals surface area contributed by atoms with Crippen LogP contribution >= 0.6 is 11.3 Å². The monoisotopic (exact) mass is 375 g/mol. The Kier molecular flexibility index (Phi) is 4.38. The van der Waals surface area contributed by atoms with E-state index in [0.717, 1.165) is 10.4 Å². The second kappa shape index (κ2) is 6.85. The molecule has 0 aliphatic carbocycles. The van der Waals surface area contributed by atoms with E-state index in [0.29, 0.717) is 11.3 Å². The second-order valence-corrected chi connectivity index (χ2v) is 7.37. The van der Waals surface area contributed by atoms with E-state index in [2.05, 4.69) is 0 Å². The van der Waals surface area contributed by atoms with E-state index in [1.165, 1.54) is 16.2 Å². The highest BCUT2D eigenvalue weighted by molar-refractivity contribution is 7.10. The van der Waals surface area contributed by atoms with Crippen LogP contribution in [0.5, 0.6) is 0 Å². The quantitative estimate of drug-likeness (QED) is 0.411. The number of thiophene rings is 1. The first-order valence-electron chi connectivity index (χ1n) is 8.54. The van der Waals surface area contributed by atoms with Gasteiger partial charge in [-0.05, 0) is 30.5 Å². The lowest BCUT2D eigenvalue weighted by Gasteiger charge is -2.24. The van der Waals surface area contributed by atoms with Crippen LogP contribution in [0.4, 0.5) is 5.69 Å². The lowest BCUT2D eigenvalue weighted by Crippen LogP contribution is -2.29. The summed E-state index contributed by atoms with van der Waals surface area (Å²) in [6.07, 6.45) is 0. The number of ketones is 1. The van der Waals surface area contributed by atoms with Gasteiger partial charge in [0.15, 0.2) is 0 Å². The molecule has 0 saturated carbocycles. The summed E-state index contributed by atoms with van der Waals surface area (Å²) in [7, 11) is 0. The number of aliphatic hydroxyl groups excluding tert-OH is 1. The molecule has 1 aromatic heterocycles. The SMILES string of the molecule is Cc1ccc(N2C(=O)C(=O)/C(=C(\O)c3ccccc3)C2c2cccs2)cc1. The molecule has 3 aromatic rings. The minimum absolute atomic E-state index is 0.120. The van der Waals surface area contributed by atoms with Gasteiger partial charge in [0, 0.05) is 16.1 Å². The molecule has 1 fully saturated rings. The van der Waals surface area contributed by atoms with E-state index in [-0.39, 0.29) is 11.3 Å². The number of rotatable bonds is 3. The van der Waals surface area contributed by atoms with Crippen LogP contribution < -0.4 is 4.90 Å². The fourth-order valence-electron chi connectivity index (χ4n) is 3.27. The van der Waals surface area contributed by atoms with E-state index in [9.17, 15) is 14.7 Å². The molecule has 5 heteroatoms. The Morgan fingerprint density at radius 2 is 1.67 bits per heavy atom. The maximum atomic E-state index is 12.9. The smallest absolute Gasteiger partial charge is 0.300 e. The fraction of sp³-hybridized carbons (Fsp3) is 0.0909. The molecule has 2 heterocycles. The predicted molar refractivity (Wildman–Crippen MR) is 107 cm³/mol. The van der Waals surface area contributed by atoms with E-state index in [4.69, 9.17) is 0 Å². The number of anilines is 1. The third kappa shape index (κ3) is 2.96.